The number of nitriles is 1. The van der Waals surface area contributed by atoms with Crippen LogP contribution in [0.4, 0.5) is 5.69 Å². The number of fused-ring (bicyclic) bond motifs is 1. The fourth-order valence-electron chi connectivity index (χ4n) is 3.11. The lowest BCUT2D eigenvalue weighted by molar-refractivity contribution is -0.115. The molecule has 0 atom stereocenters. The number of halogens is 1. The number of thioether (sulfide) groups is 1. The van der Waals surface area contributed by atoms with Crippen molar-refractivity contribution < 1.29 is 14.3 Å². The number of carbonyl (C=O) groups excluding carboxylic acids is 1. The molecule has 0 aromatic heterocycles. The van der Waals surface area contributed by atoms with Crippen molar-refractivity contribution in [3.63, 3.8) is 0 Å². The van der Waals surface area contributed by atoms with E-state index in [1.165, 1.54) is 18.9 Å². The molecule has 0 spiro atoms. The van der Waals surface area contributed by atoms with Crippen LogP contribution >= 0.6 is 27.7 Å². The zero-order valence-corrected chi connectivity index (χ0v) is 18.8. The maximum absolute atomic E-state index is 12.5. The lowest BCUT2D eigenvalue weighted by Gasteiger charge is -2.11. The molecule has 1 N–H and O–H groups in total. The summed E-state index contributed by atoms with van der Waals surface area (Å²) in [5.74, 6) is 0.682. The third-order valence-corrected chi connectivity index (χ3v) is 5.97. The molecule has 0 radical (unpaired) electrons. The first-order valence-electron chi connectivity index (χ1n) is 9.23. The average molecular weight is 494 g/mol. The zero-order valence-electron chi connectivity index (χ0n) is 16.4. The van der Waals surface area contributed by atoms with Crippen LogP contribution in [0.25, 0.3) is 16.8 Å². The van der Waals surface area contributed by atoms with Crippen molar-refractivity contribution in [1.29, 1.82) is 5.26 Å². The molecule has 6 nitrogen and oxygen atoms in total. The number of hydrogen-bond donors (Lipinski definition) is 1. The minimum atomic E-state index is -0.219. The predicted molar refractivity (Wildman–Crippen MR) is 127 cm³/mol. The van der Waals surface area contributed by atoms with Crippen LogP contribution in [-0.4, -0.2) is 24.8 Å². The molecular weight excluding hydrogens is 478 g/mol. The molecule has 31 heavy (non-hydrogen) atoms. The number of nitrogens with one attached hydrogen (secondary N) is 1. The Balaban J connectivity index is 1.63. The molecule has 8 heteroatoms. The van der Waals surface area contributed by atoms with Crippen molar-refractivity contribution in [3.05, 3.63) is 69.5 Å². The van der Waals surface area contributed by atoms with Gasteiger partial charge in [-0.25, -0.2) is 4.99 Å². The molecule has 3 aromatic carbocycles. The van der Waals surface area contributed by atoms with E-state index in [-0.39, 0.29) is 12.5 Å². The van der Waals surface area contributed by atoms with Crippen molar-refractivity contribution in [2.24, 2.45) is 4.99 Å². The molecular formula is C23H16BrN3O3S. The van der Waals surface area contributed by atoms with Crippen molar-refractivity contribution in [2.75, 3.05) is 13.7 Å². The minimum Gasteiger partial charge on any atom is -0.493 e. The maximum atomic E-state index is 12.5. The minimum absolute atomic E-state index is 0.0956. The van der Waals surface area contributed by atoms with Crippen LogP contribution in [0, 0.1) is 11.3 Å². The number of benzene rings is 3. The lowest BCUT2D eigenvalue weighted by atomic mass is 10.1. The predicted octanol–water partition coefficient (Wildman–Crippen LogP) is 5.40. The Morgan fingerprint density at radius 1 is 1.23 bits per heavy atom. The highest BCUT2D eigenvalue weighted by atomic mass is 79.9. The summed E-state index contributed by atoms with van der Waals surface area (Å²) in [6.07, 6.45) is 1.76. The topological polar surface area (TPSA) is 83.7 Å². The van der Waals surface area contributed by atoms with E-state index >= 15 is 0 Å². The number of ether oxygens (including phenoxy) is 2. The van der Waals surface area contributed by atoms with Gasteiger partial charge in [0.05, 0.1) is 22.2 Å². The largest absolute Gasteiger partial charge is 0.493 e. The second-order valence-electron chi connectivity index (χ2n) is 6.46. The van der Waals surface area contributed by atoms with Gasteiger partial charge >= 0.3 is 0 Å². The van der Waals surface area contributed by atoms with Gasteiger partial charge in [-0.3, -0.25) is 4.79 Å². The molecule has 154 valence electrons. The van der Waals surface area contributed by atoms with E-state index in [2.05, 4.69) is 26.2 Å². The fourth-order valence-corrected chi connectivity index (χ4v) is 4.52. The molecule has 0 unspecified atom stereocenters. The number of nitrogens with zero attached hydrogens (tertiary/aromatic N) is 2. The van der Waals surface area contributed by atoms with E-state index in [0.717, 1.165) is 22.0 Å². The molecule has 0 saturated carbocycles. The van der Waals surface area contributed by atoms with Gasteiger partial charge in [0.15, 0.2) is 23.3 Å². The van der Waals surface area contributed by atoms with Crippen LogP contribution in [0.5, 0.6) is 11.5 Å². The lowest BCUT2D eigenvalue weighted by Crippen LogP contribution is -2.19. The van der Waals surface area contributed by atoms with Crippen LogP contribution in [0.2, 0.25) is 0 Å². The second kappa shape index (κ2) is 9.25. The summed E-state index contributed by atoms with van der Waals surface area (Å²) < 4.78 is 11.4. The molecule has 3 aromatic rings. The second-order valence-corrected chi connectivity index (χ2v) is 8.35. The number of amides is 1. The van der Waals surface area contributed by atoms with Gasteiger partial charge in [0.1, 0.15) is 6.07 Å². The first-order chi connectivity index (χ1) is 15.1. The Bertz CT molecular complexity index is 1280. The van der Waals surface area contributed by atoms with E-state index in [9.17, 15) is 4.79 Å². The number of methoxy groups -OCH3 is 1. The van der Waals surface area contributed by atoms with E-state index in [1.807, 2.05) is 48.5 Å². The molecule has 1 aliphatic heterocycles. The van der Waals surface area contributed by atoms with Gasteiger partial charge in [0, 0.05) is 5.39 Å². The number of rotatable bonds is 5. The molecule has 1 heterocycles. The normalized spacial score (nSPS) is 15.8. The Morgan fingerprint density at radius 2 is 2.03 bits per heavy atom. The van der Waals surface area contributed by atoms with E-state index in [4.69, 9.17) is 14.7 Å². The highest BCUT2D eigenvalue weighted by molar-refractivity contribution is 9.10. The summed E-state index contributed by atoms with van der Waals surface area (Å²) in [6, 6.07) is 19.4. The quantitative estimate of drug-likeness (QED) is 0.480. The van der Waals surface area contributed by atoms with Gasteiger partial charge in [-0.1, -0.05) is 36.4 Å². The van der Waals surface area contributed by atoms with E-state index in [1.54, 1.807) is 18.2 Å². The summed E-state index contributed by atoms with van der Waals surface area (Å²) in [7, 11) is 1.52. The van der Waals surface area contributed by atoms with Crippen LogP contribution < -0.4 is 14.8 Å². The van der Waals surface area contributed by atoms with Gasteiger partial charge < -0.3 is 14.8 Å². The monoisotopic (exact) mass is 493 g/mol. The third-order valence-electron chi connectivity index (χ3n) is 4.47. The summed E-state index contributed by atoms with van der Waals surface area (Å²) in [5, 5.41) is 14.2. The standard InChI is InChI=1S/C23H16BrN3O3S/c1-29-19-12-14(11-17(24)21(19)30-10-9-25)13-20-22(28)27-23(31-20)26-18-8-4-6-15-5-2-3-7-16(15)18/h2-8,11-13H,10H2,1H3,(H,26,27,28)/b20-13-. The average Bonchev–Trinajstić information content (AvgIpc) is 3.11. The molecule has 1 fully saturated rings. The first-order valence-corrected chi connectivity index (χ1v) is 10.8. The van der Waals surface area contributed by atoms with Crippen LogP contribution in [-0.2, 0) is 4.79 Å². The summed E-state index contributed by atoms with van der Waals surface area (Å²) in [6.45, 7) is -0.0956. The summed E-state index contributed by atoms with van der Waals surface area (Å²) >= 11 is 4.71. The number of hydrogen-bond acceptors (Lipinski definition) is 6. The van der Waals surface area contributed by atoms with E-state index in [0.29, 0.717) is 26.0 Å². The van der Waals surface area contributed by atoms with Crippen molar-refractivity contribution in [2.45, 2.75) is 0 Å². The molecule has 4 rings (SSSR count). The van der Waals surface area contributed by atoms with Crippen molar-refractivity contribution >= 4 is 61.3 Å². The third kappa shape index (κ3) is 4.58. The first kappa shape index (κ1) is 21.0. The van der Waals surface area contributed by atoms with Crippen LogP contribution in [0.3, 0.4) is 0 Å². The van der Waals surface area contributed by atoms with Gasteiger partial charge in [-0.05, 0) is 62.9 Å². The Morgan fingerprint density at radius 3 is 2.84 bits per heavy atom. The van der Waals surface area contributed by atoms with E-state index < -0.39 is 0 Å². The molecule has 0 aliphatic carbocycles. The highest BCUT2D eigenvalue weighted by Gasteiger charge is 2.24. The maximum Gasteiger partial charge on any atom is 0.264 e. The van der Waals surface area contributed by atoms with Gasteiger partial charge in [0.25, 0.3) is 5.91 Å². The van der Waals surface area contributed by atoms with Crippen LogP contribution in [0.1, 0.15) is 5.56 Å². The Hall–Kier alpha value is -3.28. The fraction of sp³-hybridized carbons (Fsp3) is 0.0870. The smallest absolute Gasteiger partial charge is 0.264 e. The molecule has 0 bridgehead atoms. The molecule has 1 aliphatic rings. The van der Waals surface area contributed by atoms with Gasteiger partial charge in [0.2, 0.25) is 0 Å². The molecule has 1 amide bonds. The zero-order chi connectivity index (χ0) is 21.8. The summed E-state index contributed by atoms with van der Waals surface area (Å²) in [4.78, 5) is 17.7. The highest BCUT2D eigenvalue weighted by Crippen LogP contribution is 2.38. The summed E-state index contributed by atoms with van der Waals surface area (Å²) in [5.41, 5.74) is 1.54. The Kier molecular flexibility index (Phi) is 6.26. The van der Waals surface area contributed by atoms with Gasteiger partial charge in [-0.2, -0.15) is 5.26 Å². The number of amidine groups is 1. The van der Waals surface area contributed by atoms with Crippen LogP contribution in [0.15, 0.2) is 69.0 Å². The molecule has 1 saturated heterocycles. The SMILES string of the molecule is COc1cc(/C=C2\SC(=Nc3cccc4ccccc34)NC2=O)cc(Br)c1OCC#N. The number of carbonyl (C=O) groups is 1. The van der Waals surface area contributed by atoms with Crippen molar-refractivity contribution in [1.82, 2.24) is 5.32 Å². The number of aliphatic imine (C=N–C) groups is 1. The van der Waals surface area contributed by atoms with Gasteiger partial charge in [-0.15, -0.1) is 0 Å². The Labute approximate surface area is 191 Å². The van der Waals surface area contributed by atoms with Crippen molar-refractivity contribution in [3.8, 4) is 17.6 Å².